The van der Waals surface area contributed by atoms with Gasteiger partial charge in [0.15, 0.2) is 0 Å². The topological polar surface area (TPSA) is 24.5 Å². The smallest absolute Gasteiger partial charge is 0.123 e. The molecule has 1 aliphatic heterocycles. The standard InChI is InChI=1S/C19H24N2O/c1-22-19-9-5-4-7-17(19)14-20-11-13-21-12-10-16-6-2-3-8-18(16)15-21/h2-9,20H,10-15H2,1H3. The fourth-order valence-electron chi connectivity index (χ4n) is 3.05. The minimum Gasteiger partial charge on any atom is -0.496 e. The molecule has 0 unspecified atom stereocenters. The van der Waals surface area contributed by atoms with E-state index in [4.69, 9.17) is 4.74 Å². The Morgan fingerprint density at radius 3 is 2.68 bits per heavy atom. The second-order valence-electron chi connectivity index (χ2n) is 5.78. The molecule has 3 rings (SSSR count). The van der Waals surface area contributed by atoms with Gasteiger partial charge in [0.1, 0.15) is 5.75 Å². The molecular weight excluding hydrogens is 272 g/mol. The quantitative estimate of drug-likeness (QED) is 0.830. The molecule has 1 N–H and O–H groups in total. The number of benzene rings is 2. The van der Waals surface area contributed by atoms with E-state index in [0.29, 0.717) is 0 Å². The molecule has 3 heteroatoms. The number of hydrogen-bond acceptors (Lipinski definition) is 3. The van der Waals surface area contributed by atoms with Crippen LogP contribution < -0.4 is 10.1 Å². The van der Waals surface area contributed by atoms with E-state index in [9.17, 15) is 0 Å². The highest BCUT2D eigenvalue weighted by Crippen LogP contribution is 2.18. The van der Waals surface area contributed by atoms with Crippen molar-refractivity contribution in [3.63, 3.8) is 0 Å². The number of nitrogens with zero attached hydrogens (tertiary/aromatic N) is 1. The lowest BCUT2D eigenvalue weighted by atomic mass is 10.00. The Morgan fingerprint density at radius 2 is 1.82 bits per heavy atom. The maximum Gasteiger partial charge on any atom is 0.123 e. The lowest BCUT2D eigenvalue weighted by Crippen LogP contribution is -2.36. The van der Waals surface area contributed by atoms with Crippen LogP contribution in [-0.4, -0.2) is 31.6 Å². The van der Waals surface area contributed by atoms with Crippen molar-refractivity contribution >= 4 is 0 Å². The number of fused-ring (bicyclic) bond motifs is 1. The Morgan fingerprint density at radius 1 is 1.05 bits per heavy atom. The number of methoxy groups -OCH3 is 1. The van der Waals surface area contributed by atoms with Crippen molar-refractivity contribution in [2.24, 2.45) is 0 Å². The molecule has 0 fully saturated rings. The van der Waals surface area contributed by atoms with Gasteiger partial charge in [-0.1, -0.05) is 42.5 Å². The summed E-state index contributed by atoms with van der Waals surface area (Å²) in [6.45, 7) is 5.18. The Bertz CT molecular complexity index is 612. The van der Waals surface area contributed by atoms with Crippen molar-refractivity contribution in [3.05, 3.63) is 65.2 Å². The third-order valence-electron chi connectivity index (χ3n) is 4.32. The molecule has 0 atom stereocenters. The maximum absolute atomic E-state index is 5.38. The number of para-hydroxylation sites is 1. The first-order valence-electron chi connectivity index (χ1n) is 7.98. The first-order valence-corrected chi connectivity index (χ1v) is 7.98. The first-order chi connectivity index (χ1) is 10.9. The summed E-state index contributed by atoms with van der Waals surface area (Å²) in [5.41, 5.74) is 4.22. The predicted molar refractivity (Wildman–Crippen MR) is 90.1 cm³/mol. The van der Waals surface area contributed by atoms with Crippen LogP contribution in [0, 0.1) is 0 Å². The predicted octanol–water partition coefficient (Wildman–Crippen LogP) is 2.84. The fraction of sp³-hybridized carbons (Fsp3) is 0.368. The van der Waals surface area contributed by atoms with Gasteiger partial charge < -0.3 is 10.1 Å². The van der Waals surface area contributed by atoms with E-state index < -0.39 is 0 Å². The van der Waals surface area contributed by atoms with E-state index >= 15 is 0 Å². The number of ether oxygens (including phenoxy) is 1. The van der Waals surface area contributed by atoms with Crippen LogP contribution in [0.25, 0.3) is 0 Å². The summed E-state index contributed by atoms with van der Waals surface area (Å²) < 4.78 is 5.38. The Balaban J connectivity index is 1.44. The molecule has 2 aromatic carbocycles. The van der Waals surface area contributed by atoms with Crippen molar-refractivity contribution in [2.75, 3.05) is 26.7 Å². The summed E-state index contributed by atoms with van der Waals surface area (Å²) in [5, 5.41) is 3.53. The molecular formula is C19H24N2O. The van der Waals surface area contributed by atoms with Crippen molar-refractivity contribution in [3.8, 4) is 5.75 Å². The average Bonchev–Trinajstić information content (AvgIpc) is 2.59. The fourth-order valence-corrected chi connectivity index (χ4v) is 3.05. The zero-order valence-electron chi connectivity index (χ0n) is 13.2. The highest BCUT2D eigenvalue weighted by atomic mass is 16.5. The second-order valence-corrected chi connectivity index (χ2v) is 5.78. The van der Waals surface area contributed by atoms with E-state index in [1.54, 1.807) is 7.11 Å². The van der Waals surface area contributed by atoms with Crippen LogP contribution in [0.5, 0.6) is 5.75 Å². The molecule has 0 radical (unpaired) electrons. The minimum absolute atomic E-state index is 0.856. The van der Waals surface area contributed by atoms with Crippen molar-refractivity contribution in [1.29, 1.82) is 0 Å². The van der Waals surface area contributed by atoms with Gasteiger partial charge in [-0.3, -0.25) is 4.90 Å². The molecule has 0 bridgehead atoms. The largest absolute Gasteiger partial charge is 0.496 e. The zero-order valence-corrected chi connectivity index (χ0v) is 13.2. The molecule has 0 aliphatic carbocycles. The summed E-state index contributed by atoms with van der Waals surface area (Å²) in [5.74, 6) is 0.960. The normalized spacial score (nSPS) is 14.6. The van der Waals surface area contributed by atoms with E-state index in [2.05, 4.69) is 46.6 Å². The first kappa shape index (κ1) is 15.1. The molecule has 0 aromatic heterocycles. The van der Waals surface area contributed by atoms with Gasteiger partial charge in [-0.15, -0.1) is 0 Å². The van der Waals surface area contributed by atoms with Gasteiger partial charge in [0.2, 0.25) is 0 Å². The molecule has 22 heavy (non-hydrogen) atoms. The highest BCUT2D eigenvalue weighted by molar-refractivity contribution is 5.33. The van der Waals surface area contributed by atoms with Crippen LogP contribution in [0.1, 0.15) is 16.7 Å². The van der Waals surface area contributed by atoms with Gasteiger partial charge in [-0.05, 0) is 23.6 Å². The Labute approximate surface area is 132 Å². The third kappa shape index (κ3) is 3.67. The molecule has 0 spiro atoms. The van der Waals surface area contributed by atoms with Crippen molar-refractivity contribution in [2.45, 2.75) is 19.5 Å². The summed E-state index contributed by atoms with van der Waals surface area (Å²) >= 11 is 0. The zero-order chi connectivity index (χ0) is 15.2. The third-order valence-corrected chi connectivity index (χ3v) is 4.32. The van der Waals surface area contributed by atoms with Gasteiger partial charge in [0, 0.05) is 38.3 Å². The molecule has 2 aromatic rings. The number of hydrogen-bond donors (Lipinski definition) is 1. The van der Waals surface area contributed by atoms with Gasteiger partial charge in [-0.2, -0.15) is 0 Å². The number of nitrogens with one attached hydrogen (secondary N) is 1. The van der Waals surface area contributed by atoms with Crippen LogP contribution in [0.2, 0.25) is 0 Å². The second kappa shape index (κ2) is 7.43. The van der Waals surface area contributed by atoms with Gasteiger partial charge in [0.05, 0.1) is 7.11 Å². The molecule has 0 amide bonds. The summed E-state index contributed by atoms with van der Waals surface area (Å²) in [6.07, 6.45) is 1.17. The molecule has 0 saturated heterocycles. The lowest BCUT2D eigenvalue weighted by molar-refractivity contribution is 0.253. The molecule has 1 heterocycles. The van der Waals surface area contributed by atoms with Gasteiger partial charge in [-0.25, -0.2) is 0 Å². The van der Waals surface area contributed by atoms with E-state index in [1.165, 1.54) is 23.1 Å². The minimum atomic E-state index is 0.856. The Kier molecular flexibility index (Phi) is 5.09. The summed E-state index contributed by atoms with van der Waals surface area (Å²) in [6, 6.07) is 17.0. The monoisotopic (exact) mass is 296 g/mol. The van der Waals surface area contributed by atoms with Gasteiger partial charge in [0.25, 0.3) is 0 Å². The lowest BCUT2D eigenvalue weighted by Gasteiger charge is -2.28. The average molecular weight is 296 g/mol. The Hall–Kier alpha value is -1.84. The van der Waals surface area contributed by atoms with E-state index in [1.807, 2.05) is 12.1 Å². The van der Waals surface area contributed by atoms with E-state index in [0.717, 1.165) is 38.5 Å². The molecule has 116 valence electrons. The molecule has 1 aliphatic rings. The highest BCUT2D eigenvalue weighted by Gasteiger charge is 2.14. The van der Waals surface area contributed by atoms with Gasteiger partial charge >= 0.3 is 0 Å². The van der Waals surface area contributed by atoms with Crippen LogP contribution in [0.3, 0.4) is 0 Å². The summed E-state index contributed by atoms with van der Waals surface area (Å²) in [7, 11) is 1.73. The van der Waals surface area contributed by atoms with Crippen LogP contribution in [0.4, 0.5) is 0 Å². The maximum atomic E-state index is 5.38. The van der Waals surface area contributed by atoms with Crippen LogP contribution in [0.15, 0.2) is 48.5 Å². The van der Waals surface area contributed by atoms with Crippen LogP contribution >= 0.6 is 0 Å². The number of rotatable bonds is 6. The SMILES string of the molecule is COc1ccccc1CNCCN1CCc2ccccc2C1. The molecule has 0 saturated carbocycles. The van der Waals surface area contributed by atoms with E-state index in [-0.39, 0.29) is 0 Å². The van der Waals surface area contributed by atoms with Crippen LogP contribution in [-0.2, 0) is 19.5 Å². The summed E-state index contributed by atoms with van der Waals surface area (Å²) in [4.78, 5) is 2.53. The molecule has 3 nitrogen and oxygen atoms in total. The van der Waals surface area contributed by atoms with Crippen molar-refractivity contribution < 1.29 is 4.74 Å². The van der Waals surface area contributed by atoms with Crippen molar-refractivity contribution in [1.82, 2.24) is 10.2 Å².